The highest BCUT2D eigenvalue weighted by molar-refractivity contribution is 5.96. The van der Waals surface area contributed by atoms with Crippen molar-refractivity contribution in [2.75, 3.05) is 16.8 Å². The van der Waals surface area contributed by atoms with E-state index >= 15 is 0 Å². The summed E-state index contributed by atoms with van der Waals surface area (Å²) in [5.74, 6) is -1.28. The van der Waals surface area contributed by atoms with Crippen molar-refractivity contribution in [3.05, 3.63) is 59.7 Å². The molecule has 1 atom stereocenters. The number of nitrogens with one attached hydrogen (secondary N) is 2. The first-order valence-electron chi connectivity index (χ1n) is 8.37. The van der Waals surface area contributed by atoms with E-state index in [2.05, 4.69) is 10.6 Å². The van der Waals surface area contributed by atoms with Crippen molar-refractivity contribution < 1.29 is 18.4 Å². The van der Waals surface area contributed by atoms with Gasteiger partial charge < -0.3 is 15.5 Å². The summed E-state index contributed by atoms with van der Waals surface area (Å²) < 4.78 is 26.7. The van der Waals surface area contributed by atoms with Gasteiger partial charge in [-0.25, -0.2) is 13.6 Å². The van der Waals surface area contributed by atoms with Crippen molar-refractivity contribution in [2.45, 2.75) is 25.8 Å². The Balaban J connectivity index is 1.60. The van der Waals surface area contributed by atoms with Gasteiger partial charge in [-0.05, 0) is 43.7 Å². The third-order valence-corrected chi connectivity index (χ3v) is 4.29. The van der Waals surface area contributed by atoms with E-state index in [1.54, 1.807) is 36.1 Å². The Morgan fingerprint density at radius 3 is 2.50 bits per heavy atom. The van der Waals surface area contributed by atoms with Crippen molar-refractivity contribution in [3.63, 3.8) is 0 Å². The van der Waals surface area contributed by atoms with E-state index in [4.69, 9.17) is 0 Å². The van der Waals surface area contributed by atoms with Crippen molar-refractivity contribution in [1.82, 2.24) is 5.32 Å². The van der Waals surface area contributed by atoms with Crippen molar-refractivity contribution >= 4 is 23.3 Å². The molecule has 0 saturated carbocycles. The van der Waals surface area contributed by atoms with E-state index in [-0.39, 0.29) is 11.5 Å². The number of amides is 3. The molecule has 1 fully saturated rings. The molecule has 1 aliphatic rings. The minimum absolute atomic E-state index is 0.0959. The van der Waals surface area contributed by atoms with Crippen LogP contribution in [0.1, 0.15) is 31.4 Å². The summed E-state index contributed by atoms with van der Waals surface area (Å²) in [6, 6.07) is 9.02. The molecule has 1 saturated heterocycles. The van der Waals surface area contributed by atoms with Gasteiger partial charge in [-0.1, -0.05) is 6.07 Å². The van der Waals surface area contributed by atoms with Gasteiger partial charge in [-0.2, -0.15) is 0 Å². The fourth-order valence-electron chi connectivity index (χ4n) is 2.94. The molecular weight excluding hydrogens is 340 g/mol. The van der Waals surface area contributed by atoms with Gasteiger partial charge in [-0.15, -0.1) is 0 Å². The molecule has 3 rings (SSSR count). The molecule has 7 heteroatoms. The van der Waals surface area contributed by atoms with Crippen LogP contribution in [0.4, 0.5) is 25.0 Å². The monoisotopic (exact) mass is 359 g/mol. The highest BCUT2D eigenvalue weighted by atomic mass is 19.1. The Hall–Kier alpha value is -2.96. The lowest BCUT2D eigenvalue weighted by molar-refractivity contribution is -0.117. The van der Waals surface area contributed by atoms with Gasteiger partial charge >= 0.3 is 6.03 Å². The number of urea groups is 1. The van der Waals surface area contributed by atoms with E-state index in [0.29, 0.717) is 18.7 Å². The maximum Gasteiger partial charge on any atom is 0.319 e. The normalized spacial score (nSPS) is 15.0. The second kappa shape index (κ2) is 7.51. The number of carbonyl (C=O) groups is 2. The molecule has 5 nitrogen and oxygen atoms in total. The second-order valence-corrected chi connectivity index (χ2v) is 6.18. The molecule has 0 radical (unpaired) electrons. The zero-order valence-electron chi connectivity index (χ0n) is 14.3. The summed E-state index contributed by atoms with van der Waals surface area (Å²) in [5.41, 5.74) is 1.54. The second-order valence-electron chi connectivity index (χ2n) is 6.18. The Morgan fingerprint density at radius 2 is 1.88 bits per heavy atom. The predicted molar refractivity (Wildman–Crippen MR) is 95.0 cm³/mol. The number of nitrogens with zero attached hydrogens (tertiary/aromatic N) is 1. The zero-order chi connectivity index (χ0) is 18.7. The lowest BCUT2D eigenvalue weighted by Gasteiger charge is -2.17. The maximum absolute atomic E-state index is 13.8. The summed E-state index contributed by atoms with van der Waals surface area (Å²) in [6.07, 6.45) is 1.40. The molecule has 1 aliphatic heterocycles. The van der Waals surface area contributed by atoms with E-state index in [9.17, 15) is 18.4 Å². The van der Waals surface area contributed by atoms with Crippen LogP contribution in [0, 0.1) is 11.6 Å². The van der Waals surface area contributed by atoms with E-state index in [1.807, 2.05) is 0 Å². The summed E-state index contributed by atoms with van der Waals surface area (Å²) in [6.45, 7) is 2.31. The molecular formula is C19H19F2N3O2. The minimum atomic E-state index is -0.711. The molecule has 136 valence electrons. The fraction of sp³-hybridized carbons (Fsp3) is 0.263. The Bertz CT molecular complexity index is 824. The predicted octanol–water partition coefficient (Wildman–Crippen LogP) is 3.97. The molecule has 0 bridgehead atoms. The number of hydrogen-bond acceptors (Lipinski definition) is 2. The van der Waals surface area contributed by atoms with Crippen LogP contribution in [-0.4, -0.2) is 18.5 Å². The fourth-order valence-corrected chi connectivity index (χ4v) is 2.94. The smallest absolute Gasteiger partial charge is 0.319 e. The third-order valence-electron chi connectivity index (χ3n) is 4.29. The lowest BCUT2D eigenvalue weighted by Crippen LogP contribution is -2.31. The van der Waals surface area contributed by atoms with Crippen LogP contribution in [0.2, 0.25) is 0 Å². The van der Waals surface area contributed by atoms with Crippen LogP contribution >= 0.6 is 0 Å². The highest BCUT2D eigenvalue weighted by Crippen LogP contribution is 2.23. The molecule has 0 aromatic heterocycles. The summed E-state index contributed by atoms with van der Waals surface area (Å²) >= 11 is 0. The van der Waals surface area contributed by atoms with Crippen LogP contribution in [0.25, 0.3) is 0 Å². The van der Waals surface area contributed by atoms with E-state index < -0.39 is 23.7 Å². The SMILES string of the molecule is CC(NC(=O)Nc1ccc(N2CCCC2=O)cc1)c1ccc(F)cc1F. The van der Waals surface area contributed by atoms with Gasteiger partial charge in [0.2, 0.25) is 5.91 Å². The van der Waals surface area contributed by atoms with Crippen LogP contribution in [-0.2, 0) is 4.79 Å². The number of rotatable bonds is 4. The molecule has 1 heterocycles. The molecule has 2 aromatic carbocycles. The first-order chi connectivity index (χ1) is 12.4. The Morgan fingerprint density at radius 1 is 1.15 bits per heavy atom. The molecule has 3 amide bonds. The van der Waals surface area contributed by atoms with Gasteiger partial charge in [0.1, 0.15) is 11.6 Å². The Kier molecular flexibility index (Phi) is 5.16. The summed E-state index contributed by atoms with van der Waals surface area (Å²) in [4.78, 5) is 25.5. The first-order valence-corrected chi connectivity index (χ1v) is 8.37. The number of hydrogen-bond donors (Lipinski definition) is 2. The van der Waals surface area contributed by atoms with Gasteiger partial charge in [0.05, 0.1) is 6.04 Å². The number of carbonyl (C=O) groups excluding carboxylic acids is 2. The van der Waals surface area contributed by atoms with Gasteiger partial charge in [0, 0.05) is 36.0 Å². The zero-order valence-corrected chi connectivity index (χ0v) is 14.3. The molecule has 2 N–H and O–H groups in total. The number of halogens is 2. The summed E-state index contributed by atoms with van der Waals surface area (Å²) in [5, 5.41) is 5.26. The third kappa shape index (κ3) is 3.99. The van der Waals surface area contributed by atoms with Crippen LogP contribution in [0.3, 0.4) is 0 Å². The standard InChI is InChI=1S/C19H19F2N3O2/c1-12(16-9-4-13(20)11-17(16)21)22-19(26)23-14-5-7-15(8-6-14)24-10-2-3-18(24)25/h4-9,11-12H,2-3,10H2,1H3,(H2,22,23,26). The van der Waals surface area contributed by atoms with E-state index in [0.717, 1.165) is 24.2 Å². The molecule has 0 aliphatic carbocycles. The topological polar surface area (TPSA) is 61.4 Å². The molecule has 1 unspecified atom stereocenters. The largest absolute Gasteiger partial charge is 0.331 e. The maximum atomic E-state index is 13.8. The van der Waals surface area contributed by atoms with Crippen LogP contribution in [0.5, 0.6) is 0 Å². The Labute approximate surface area is 150 Å². The number of benzene rings is 2. The van der Waals surface area contributed by atoms with Gasteiger partial charge in [0.25, 0.3) is 0 Å². The van der Waals surface area contributed by atoms with Gasteiger partial charge in [0.15, 0.2) is 0 Å². The molecule has 0 spiro atoms. The average molecular weight is 359 g/mol. The first kappa shape index (κ1) is 17.8. The van der Waals surface area contributed by atoms with Crippen molar-refractivity contribution in [1.29, 1.82) is 0 Å². The van der Waals surface area contributed by atoms with Crippen LogP contribution < -0.4 is 15.5 Å². The van der Waals surface area contributed by atoms with Crippen molar-refractivity contribution in [2.24, 2.45) is 0 Å². The highest BCUT2D eigenvalue weighted by Gasteiger charge is 2.21. The van der Waals surface area contributed by atoms with Gasteiger partial charge in [-0.3, -0.25) is 4.79 Å². The van der Waals surface area contributed by atoms with E-state index in [1.165, 1.54) is 6.07 Å². The average Bonchev–Trinajstić information content (AvgIpc) is 3.01. The van der Waals surface area contributed by atoms with Crippen LogP contribution in [0.15, 0.2) is 42.5 Å². The minimum Gasteiger partial charge on any atom is -0.331 e. The van der Waals surface area contributed by atoms with Crippen molar-refractivity contribution in [3.8, 4) is 0 Å². The molecule has 2 aromatic rings. The molecule has 26 heavy (non-hydrogen) atoms. The quantitative estimate of drug-likeness (QED) is 0.868. The lowest BCUT2D eigenvalue weighted by atomic mass is 10.1. The number of anilines is 2. The summed E-state index contributed by atoms with van der Waals surface area (Å²) in [7, 11) is 0.